The summed E-state index contributed by atoms with van der Waals surface area (Å²) in [6, 6.07) is 0.165. The molecule has 4 nitrogen and oxygen atoms in total. The number of amides is 1. The fraction of sp³-hybridized carbons (Fsp3) is 0.833. The van der Waals surface area contributed by atoms with Crippen molar-refractivity contribution in [2.75, 3.05) is 7.05 Å². The number of carboxylic acid groups (broad SMARTS) is 1. The van der Waals surface area contributed by atoms with Crippen LogP contribution in [-0.2, 0) is 9.59 Å². The number of hydrogen-bond donors (Lipinski definition) is 1. The van der Waals surface area contributed by atoms with Crippen molar-refractivity contribution >= 4 is 11.9 Å². The van der Waals surface area contributed by atoms with Gasteiger partial charge in [-0.1, -0.05) is 13.8 Å². The highest BCUT2D eigenvalue weighted by atomic mass is 16.4. The third-order valence-corrected chi connectivity index (χ3v) is 3.61. The highest BCUT2D eigenvalue weighted by Crippen LogP contribution is 2.42. The lowest BCUT2D eigenvalue weighted by atomic mass is 9.68. The van der Waals surface area contributed by atoms with Crippen LogP contribution < -0.4 is 0 Å². The number of carboxylic acids is 1. The summed E-state index contributed by atoms with van der Waals surface area (Å²) in [6.45, 7) is 7.53. The van der Waals surface area contributed by atoms with Crippen LogP contribution in [0.1, 0.15) is 40.5 Å². The summed E-state index contributed by atoms with van der Waals surface area (Å²) in [5, 5.41) is 9.11. The number of hydrogen-bond acceptors (Lipinski definition) is 2. The van der Waals surface area contributed by atoms with Gasteiger partial charge in [0.2, 0.25) is 5.91 Å². The van der Waals surface area contributed by atoms with E-state index in [0.29, 0.717) is 12.8 Å². The fourth-order valence-electron chi connectivity index (χ4n) is 2.64. The van der Waals surface area contributed by atoms with Gasteiger partial charge in [-0.25, -0.2) is 0 Å². The Morgan fingerprint density at radius 1 is 1.44 bits per heavy atom. The predicted molar refractivity (Wildman–Crippen MR) is 61.0 cm³/mol. The first-order valence-corrected chi connectivity index (χ1v) is 5.57. The van der Waals surface area contributed by atoms with Crippen LogP contribution in [-0.4, -0.2) is 35.0 Å². The van der Waals surface area contributed by atoms with Crippen LogP contribution >= 0.6 is 0 Å². The zero-order chi connectivity index (χ0) is 12.7. The Kier molecular flexibility index (Phi) is 3.05. The molecule has 1 amide bonds. The molecule has 16 heavy (non-hydrogen) atoms. The Morgan fingerprint density at radius 2 is 1.94 bits per heavy atom. The van der Waals surface area contributed by atoms with E-state index in [-0.39, 0.29) is 17.4 Å². The normalized spacial score (nSPS) is 21.9. The van der Waals surface area contributed by atoms with Gasteiger partial charge in [0.1, 0.15) is 0 Å². The molecule has 1 N–H and O–H groups in total. The van der Waals surface area contributed by atoms with Crippen molar-refractivity contribution in [2.45, 2.75) is 46.6 Å². The standard InChI is InChI=1S/C12H21NO3/c1-11(2,7-12(3,4)10(15)16)8-6-9(14)13(8)5/h8H,6-7H2,1-5H3,(H,15,16). The second-order valence-corrected chi connectivity index (χ2v) is 6.08. The van der Waals surface area contributed by atoms with Crippen LogP contribution in [0.3, 0.4) is 0 Å². The summed E-state index contributed by atoms with van der Waals surface area (Å²) in [7, 11) is 1.78. The van der Waals surface area contributed by atoms with E-state index in [1.807, 2.05) is 13.8 Å². The number of β-lactam (4-membered cyclic amide) rings is 1. The van der Waals surface area contributed by atoms with Crippen LogP contribution in [0, 0.1) is 10.8 Å². The van der Waals surface area contributed by atoms with E-state index < -0.39 is 11.4 Å². The molecule has 0 aromatic carbocycles. The van der Waals surface area contributed by atoms with E-state index in [9.17, 15) is 9.59 Å². The number of carbonyl (C=O) groups excluding carboxylic acids is 1. The maximum Gasteiger partial charge on any atom is 0.309 e. The Balaban J connectivity index is 2.73. The molecule has 1 aliphatic rings. The average Bonchev–Trinajstić information content (AvgIpc) is 2.11. The summed E-state index contributed by atoms with van der Waals surface area (Å²) < 4.78 is 0. The Hall–Kier alpha value is -1.06. The molecule has 1 atom stereocenters. The van der Waals surface area contributed by atoms with E-state index >= 15 is 0 Å². The summed E-state index contributed by atoms with van der Waals surface area (Å²) in [6.07, 6.45) is 1.11. The van der Waals surface area contributed by atoms with Gasteiger partial charge in [0.25, 0.3) is 0 Å². The minimum absolute atomic E-state index is 0.145. The van der Waals surface area contributed by atoms with Gasteiger partial charge in [0.05, 0.1) is 5.41 Å². The molecule has 0 saturated carbocycles. The van der Waals surface area contributed by atoms with Crippen molar-refractivity contribution < 1.29 is 14.7 Å². The average molecular weight is 227 g/mol. The smallest absolute Gasteiger partial charge is 0.309 e. The summed E-state index contributed by atoms with van der Waals surface area (Å²) in [5.41, 5.74) is -0.909. The molecule has 0 aromatic heterocycles. The van der Waals surface area contributed by atoms with Gasteiger partial charge in [-0.3, -0.25) is 9.59 Å². The molecular formula is C12H21NO3. The van der Waals surface area contributed by atoms with E-state index in [0.717, 1.165) is 0 Å². The molecular weight excluding hydrogens is 206 g/mol. The Labute approximate surface area is 96.6 Å². The molecule has 0 spiro atoms. The first-order chi connectivity index (χ1) is 7.08. The Morgan fingerprint density at radius 3 is 2.25 bits per heavy atom. The van der Waals surface area contributed by atoms with Gasteiger partial charge >= 0.3 is 5.97 Å². The van der Waals surface area contributed by atoms with Crippen LogP contribution in [0.4, 0.5) is 0 Å². The minimum Gasteiger partial charge on any atom is -0.481 e. The van der Waals surface area contributed by atoms with E-state index in [1.165, 1.54) is 0 Å². The zero-order valence-corrected chi connectivity index (χ0v) is 10.7. The van der Waals surface area contributed by atoms with Gasteiger partial charge in [-0.05, 0) is 25.7 Å². The quantitative estimate of drug-likeness (QED) is 0.744. The van der Waals surface area contributed by atoms with Crippen molar-refractivity contribution in [2.24, 2.45) is 10.8 Å². The van der Waals surface area contributed by atoms with Crippen molar-refractivity contribution in [3.8, 4) is 0 Å². The summed E-state index contributed by atoms with van der Waals surface area (Å²) >= 11 is 0. The molecule has 0 aromatic rings. The fourth-order valence-corrected chi connectivity index (χ4v) is 2.64. The number of rotatable bonds is 4. The molecule has 4 heteroatoms. The third-order valence-electron chi connectivity index (χ3n) is 3.61. The molecule has 1 unspecified atom stereocenters. The molecule has 92 valence electrons. The number of nitrogens with zero attached hydrogens (tertiary/aromatic N) is 1. The summed E-state index contributed by atoms with van der Waals surface area (Å²) in [4.78, 5) is 24.0. The lowest BCUT2D eigenvalue weighted by molar-refractivity contribution is -0.155. The van der Waals surface area contributed by atoms with E-state index in [2.05, 4.69) is 0 Å². The van der Waals surface area contributed by atoms with Crippen molar-refractivity contribution in [3.63, 3.8) is 0 Å². The van der Waals surface area contributed by atoms with Crippen LogP contribution in [0.15, 0.2) is 0 Å². The number of aliphatic carboxylic acids is 1. The number of likely N-dealkylation sites (tertiary alicyclic amines) is 1. The molecule has 0 aliphatic carbocycles. The maximum atomic E-state index is 11.2. The molecule has 1 aliphatic heterocycles. The maximum absolute atomic E-state index is 11.2. The SMILES string of the molecule is CN1C(=O)CC1C(C)(C)CC(C)(C)C(=O)O. The lowest BCUT2D eigenvalue weighted by Crippen LogP contribution is -2.58. The van der Waals surface area contributed by atoms with Gasteiger partial charge in [0, 0.05) is 19.5 Å². The van der Waals surface area contributed by atoms with Crippen molar-refractivity contribution in [1.82, 2.24) is 4.90 Å². The van der Waals surface area contributed by atoms with Crippen molar-refractivity contribution in [1.29, 1.82) is 0 Å². The van der Waals surface area contributed by atoms with E-state index in [4.69, 9.17) is 5.11 Å². The summed E-state index contributed by atoms with van der Waals surface area (Å²) in [5.74, 6) is -0.639. The van der Waals surface area contributed by atoms with Crippen LogP contribution in [0.2, 0.25) is 0 Å². The molecule has 0 bridgehead atoms. The molecule has 1 rings (SSSR count). The minimum atomic E-state index is -0.783. The lowest BCUT2D eigenvalue weighted by Gasteiger charge is -2.49. The van der Waals surface area contributed by atoms with Gasteiger partial charge in [0.15, 0.2) is 0 Å². The van der Waals surface area contributed by atoms with Gasteiger partial charge in [-0.15, -0.1) is 0 Å². The molecule has 0 radical (unpaired) electrons. The third kappa shape index (κ3) is 2.20. The zero-order valence-electron chi connectivity index (χ0n) is 10.7. The second kappa shape index (κ2) is 3.75. The first kappa shape index (κ1) is 13.0. The van der Waals surface area contributed by atoms with Crippen molar-refractivity contribution in [3.05, 3.63) is 0 Å². The molecule has 1 heterocycles. The first-order valence-electron chi connectivity index (χ1n) is 5.57. The van der Waals surface area contributed by atoms with E-state index in [1.54, 1.807) is 25.8 Å². The highest BCUT2D eigenvalue weighted by Gasteiger charge is 2.47. The molecule has 1 fully saturated rings. The topological polar surface area (TPSA) is 57.6 Å². The van der Waals surface area contributed by atoms with Gasteiger partial charge in [-0.2, -0.15) is 0 Å². The van der Waals surface area contributed by atoms with Crippen LogP contribution in [0.5, 0.6) is 0 Å². The predicted octanol–water partition coefficient (Wildman–Crippen LogP) is 1.74. The largest absolute Gasteiger partial charge is 0.481 e. The van der Waals surface area contributed by atoms with Crippen LogP contribution in [0.25, 0.3) is 0 Å². The number of carbonyl (C=O) groups is 2. The molecule has 1 saturated heterocycles. The second-order valence-electron chi connectivity index (χ2n) is 6.08. The monoisotopic (exact) mass is 227 g/mol. The van der Waals surface area contributed by atoms with Gasteiger partial charge < -0.3 is 10.0 Å². The highest BCUT2D eigenvalue weighted by molar-refractivity contribution is 5.83. The Bertz CT molecular complexity index is 320.